The zero-order chi connectivity index (χ0) is 20.5. The highest BCUT2D eigenvalue weighted by Gasteiger charge is 2.14. The fraction of sp³-hybridized carbons (Fsp3) is 0.238. The summed E-state index contributed by atoms with van der Waals surface area (Å²) in [6, 6.07) is 15.2. The maximum absolute atomic E-state index is 12.0. The molecule has 148 valence electrons. The number of unbranched alkanes of at least 4 members (excludes halogenated alkanes) is 1. The van der Waals surface area contributed by atoms with Crippen LogP contribution in [0.5, 0.6) is 5.75 Å². The summed E-state index contributed by atoms with van der Waals surface area (Å²) in [4.78, 5) is 22.1. The molecule has 0 radical (unpaired) electrons. The monoisotopic (exact) mass is 384 g/mol. The van der Waals surface area contributed by atoms with Crippen LogP contribution in [-0.2, 0) is 4.79 Å². The van der Waals surface area contributed by atoms with E-state index in [1.807, 2.05) is 18.2 Å². The molecule has 0 unspecified atom stereocenters. The quantitative estimate of drug-likeness (QED) is 0.479. The zero-order valence-electron chi connectivity index (χ0n) is 15.4. The summed E-state index contributed by atoms with van der Waals surface area (Å²) in [5.41, 5.74) is 11.2. The first-order valence-electron chi connectivity index (χ1n) is 8.94. The number of aromatic hydroxyl groups is 1. The van der Waals surface area contributed by atoms with Crippen molar-refractivity contribution in [2.24, 2.45) is 11.5 Å². The van der Waals surface area contributed by atoms with Gasteiger partial charge in [0.1, 0.15) is 11.6 Å². The Kier molecular flexibility index (Phi) is 7.74. The molecule has 0 saturated carbocycles. The molecule has 0 saturated heterocycles. The Labute approximate surface area is 162 Å². The van der Waals surface area contributed by atoms with Gasteiger partial charge in [0.25, 0.3) is 0 Å². The lowest BCUT2D eigenvalue weighted by atomic mass is 10.1. The van der Waals surface area contributed by atoms with E-state index in [4.69, 9.17) is 21.0 Å². The van der Waals surface area contributed by atoms with Crippen molar-refractivity contribution in [3.05, 3.63) is 64.8 Å². The number of hydrogen-bond donors (Lipinski definition) is 4. The van der Waals surface area contributed by atoms with E-state index in [-0.39, 0.29) is 11.5 Å². The van der Waals surface area contributed by atoms with Gasteiger partial charge in [-0.05, 0) is 31.5 Å². The van der Waals surface area contributed by atoms with Gasteiger partial charge in [-0.3, -0.25) is 9.59 Å². The van der Waals surface area contributed by atoms with E-state index in [0.717, 1.165) is 12.8 Å². The second kappa shape index (κ2) is 10.2. The highest BCUT2D eigenvalue weighted by molar-refractivity contribution is 5.81. The summed E-state index contributed by atoms with van der Waals surface area (Å²) >= 11 is 0. The number of carbonyl (C=O) groups is 1. The number of fused-ring (bicyclic) bond motifs is 1. The van der Waals surface area contributed by atoms with Gasteiger partial charge < -0.3 is 26.1 Å². The normalized spacial score (nSPS) is 11.5. The first-order chi connectivity index (χ1) is 13.5. The van der Waals surface area contributed by atoms with Gasteiger partial charge in [0, 0.05) is 5.56 Å². The van der Waals surface area contributed by atoms with Crippen LogP contribution in [0, 0.1) is 0 Å². The molecule has 2 aromatic carbocycles. The molecule has 0 spiro atoms. The number of benzene rings is 2. The molecule has 0 bridgehead atoms. The highest BCUT2D eigenvalue weighted by atomic mass is 16.4. The van der Waals surface area contributed by atoms with Crippen LogP contribution in [-0.4, -0.2) is 28.8 Å². The first kappa shape index (κ1) is 21.1. The van der Waals surface area contributed by atoms with Crippen LogP contribution in [0.25, 0.3) is 22.3 Å². The third-order valence-electron chi connectivity index (χ3n) is 4.10. The van der Waals surface area contributed by atoms with Crippen LogP contribution in [0.4, 0.5) is 0 Å². The smallest absolute Gasteiger partial charge is 0.320 e. The summed E-state index contributed by atoms with van der Waals surface area (Å²) in [6.45, 7) is 0.604. The standard InChI is InChI=1S/C15H10O3.C6H14N2O2/c16-13-11-8-4-5-9-12(11)18-15(14(13)17)10-6-2-1-3-7-10;7-4-2-1-3-5(8)6(9)10/h1-9,17H;5H,1-4,7-8H2,(H,9,10)/t;5-/m.0/s1. The van der Waals surface area contributed by atoms with Gasteiger partial charge in [-0.2, -0.15) is 0 Å². The number of carboxylic acids is 1. The third-order valence-corrected chi connectivity index (χ3v) is 4.10. The van der Waals surface area contributed by atoms with Crippen LogP contribution in [0.15, 0.2) is 63.8 Å². The number of rotatable bonds is 6. The van der Waals surface area contributed by atoms with Crippen molar-refractivity contribution in [1.82, 2.24) is 0 Å². The molecule has 3 aromatic rings. The van der Waals surface area contributed by atoms with Crippen LogP contribution >= 0.6 is 0 Å². The second-order valence-electron chi connectivity index (χ2n) is 6.20. The molecule has 1 aromatic heterocycles. The van der Waals surface area contributed by atoms with Gasteiger partial charge in [0.2, 0.25) is 11.2 Å². The van der Waals surface area contributed by atoms with E-state index < -0.39 is 17.4 Å². The van der Waals surface area contributed by atoms with Gasteiger partial charge in [0.15, 0.2) is 5.76 Å². The fourth-order valence-electron chi connectivity index (χ4n) is 2.55. The topological polar surface area (TPSA) is 140 Å². The predicted molar refractivity (Wildman–Crippen MR) is 108 cm³/mol. The molecular formula is C21H24N2O5. The Morgan fingerprint density at radius 1 is 1.04 bits per heavy atom. The summed E-state index contributed by atoms with van der Waals surface area (Å²) in [5, 5.41) is 18.7. The van der Waals surface area contributed by atoms with Gasteiger partial charge in [-0.25, -0.2) is 0 Å². The van der Waals surface area contributed by atoms with Crippen molar-refractivity contribution < 1.29 is 19.4 Å². The van der Waals surface area contributed by atoms with E-state index in [9.17, 15) is 14.7 Å². The predicted octanol–water partition coefficient (Wildman–Crippen LogP) is 2.69. The maximum atomic E-state index is 12.0. The second-order valence-corrected chi connectivity index (χ2v) is 6.20. The highest BCUT2D eigenvalue weighted by Crippen LogP contribution is 2.29. The van der Waals surface area contributed by atoms with Crippen LogP contribution in [0.3, 0.4) is 0 Å². The van der Waals surface area contributed by atoms with Crippen LogP contribution in [0.2, 0.25) is 0 Å². The molecule has 1 atom stereocenters. The van der Waals surface area contributed by atoms with Gasteiger partial charge in [-0.1, -0.05) is 48.9 Å². The van der Waals surface area contributed by atoms with Gasteiger partial charge in [-0.15, -0.1) is 0 Å². The molecule has 7 heteroatoms. The molecule has 0 aliphatic carbocycles. The van der Waals surface area contributed by atoms with Crippen molar-refractivity contribution in [3.8, 4) is 17.1 Å². The molecule has 0 amide bonds. The number of hydrogen-bond acceptors (Lipinski definition) is 6. The Hall–Kier alpha value is -3.16. The van der Waals surface area contributed by atoms with Crippen molar-refractivity contribution in [2.75, 3.05) is 6.54 Å². The van der Waals surface area contributed by atoms with E-state index in [2.05, 4.69) is 0 Å². The largest absolute Gasteiger partial charge is 0.502 e. The van der Waals surface area contributed by atoms with Gasteiger partial charge >= 0.3 is 5.97 Å². The van der Waals surface area contributed by atoms with Crippen molar-refractivity contribution in [2.45, 2.75) is 25.3 Å². The molecule has 1 heterocycles. The van der Waals surface area contributed by atoms with Crippen LogP contribution < -0.4 is 16.9 Å². The third kappa shape index (κ3) is 5.42. The molecular weight excluding hydrogens is 360 g/mol. The Morgan fingerprint density at radius 3 is 2.32 bits per heavy atom. The van der Waals surface area contributed by atoms with E-state index >= 15 is 0 Å². The minimum Gasteiger partial charge on any atom is -0.502 e. The summed E-state index contributed by atoms with van der Waals surface area (Å²) < 4.78 is 5.61. The minimum absolute atomic E-state index is 0.208. The lowest BCUT2D eigenvalue weighted by molar-refractivity contribution is -0.138. The summed E-state index contributed by atoms with van der Waals surface area (Å²) in [7, 11) is 0. The molecule has 7 nitrogen and oxygen atoms in total. The van der Waals surface area contributed by atoms with Crippen molar-refractivity contribution in [1.29, 1.82) is 0 Å². The van der Waals surface area contributed by atoms with Gasteiger partial charge in [0.05, 0.1) is 5.39 Å². The Bertz CT molecular complexity index is 969. The number of nitrogens with two attached hydrogens (primary N) is 2. The summed E-state index contributed by atoms with van der Waals surface area (Å²) in [5.74, 6) is -1.07. The fourth-order valence-corrected chi connectivity index (χ4v) is 2.55. The van der Waals surface area contributed by atoms with Crippen LogP contribution in [0.1, 0.15) is 19.3 Å². The SMILES string of the molecule is NCCCC[C@H](N)C(=O)O.O=c1c(O)c(-c2ccccc2)oc2ccccc12. The number of carboxylic acid groups (broad SMARTS) is 1. The average Bonchev–Trinajstić information content (AvgIpc) is 2.72. The minimum atomic E-state index is -0.933. The molecule has 28 heavy (non-hydrogen) atoms. The van der Waals surface area contributed by atoms with E-state index in [1.54, 1.807) is 36.4 Å². The van der Waals surface area contributed by atoms with Crippen molar-refractivity contribution in [3.63, 3.8) is 0 Å². The van der Waals surface area contributed by atoms with E-state index in [1.165, 1.54) is 0 Å². The zero-order valence-corrected chi connectivity index (χ0v) is 15.4. The molecule has 0 fully saturated rings. The Balaban J connectivity index is 0.000000242. The van der Waals surface area contributed by atoms with E-state index in [0.29, 0.717) is 29.5 Å². The number of aliphatic carboxylic acids is 1. The Morgan fingerprint density at radius 2 is 1.68 bits per heavy atom. The molecule has 0 aliphatic heterocycles. The first-order valence-corrected chi connectivity index (χ1v) is 8.94. The summed E-state index contributed by atoms with van der Waals surface area (Å²) in [6.07, 6.45) is 2.16. The average molecular weight is 384 g/mol. The molecule has 0 aliphatic rings. The lowest BCUT2D eigenvalue weighted by Crippen LogP contribution is -2.29. The molecule has 6 N–H and O–H groups in total. The molecule has 3 rings (SSSR count). The maximum Gasteiger partial charge on any atom is 0.320 e. The lowest BCUT2D eigenvalue weighted by Gasteiger charge is -2.05. The van der Waals surface area contributed by atoms with Crippen molar-refractivity contribution >= 4 is 16.9 Å². The number of para-hydroxylation sites is 1.